The average molecular weight is 388 g/mol. The van der Waals surface area contributed by atoms with E-state index in [2.05, 4.69) is 11.8 Å². The summed E-state index contributed by atoms with van der Waals surface area (Å²) in [6.45, 7) is 6.11. The molecule has 154 valence electrons. The van der Waals surface area contributed by atoms with Gasteiger partial charge in [-0.15, -0.1) is 0 Å². The van der Waals surface area contributed by atoms with Crippen LogP contribution in [0.15, 0.2) is 47.7 Å². The van der Waals surface area contributed by atoms with Crippen LogP contribution in [0.1, 0.15) is 52.0 Å². The molecule has 0 aromatic heterocycles. The largest absolute Gasteiger partial charge is 0.512 e. The van der Waals surface area contributed by atoms with Crippen molar-refractivity contribution in [2.75, 3.05) is 20.6 Å². The first-order valence-corrected chi connectivity index (χ1v) is 9.85. The van der Waals surface area contributed by atoms with Crippen molar-refractivity contribution in [1.82, 2.24) is 4.90 Å². The van der Waals surface area contributed by atoms with Gasteiger partial charge in [0.05, 0.1) is 11.2 Å². The summed E-state index contributed by atoms with van der Waals surface area (Å²) in [5.41, 5.74) is -0.414. The highest BCUT2D eigenvalue weighted by atomic mass is 16.5. The normalized spacial score (nSPS) is 26.4. The molecular weight excluding hydrogens is 354 g/mol. The fourth-order valence-corrected chi connectivity index (χ4v) is 4.29. The third-order valence-corrected chi connectivity index (χ3v) is 5.65. The predicted octanol–water partition coefficient (Wildman–Crippen LogP) is 4.33. The molecule has 2 N–H and O–H groups in total. The van der Waals surface area contributed by atoms with Crippen LogP contribution in [0, 0.1) is 5.41 Å². The number of carbonyl (C=O) groups is 1. The quantitative estimate of drug-likeness (QED) is 0.250. The Labute approximate surface area is 168 Å². The topological polar surface area (TPSA) is 70.0 Å². The molecule has 1 aliphatic carbocycles. The van der Waals surface area contributed by atoms with E-state index < -0.39 is 11.6 Å². The number of aliphatic hydroxyl groups excluding tert-OH is 1. The van der Waals surface area contributed by atoms with Crippen molar-refractivity contribution in [3.63, 3.8) is 0 Å². The first kappa shape index (κ1) is 22.2. The van der Waals surface area contributed by atoms with Crippen LogP contribution in [0.5, 0.6) is 5.75 Å². The van der Waals surface area contributed by atoms with E-state index in [1.54, 1.807) is 31.2 Å². The van der Waals surface area contributed by atoms with E-state index in [1.165, 1.54) is 13.0 Å². The van der Waals surface area contributed by atoms with Crippen LogP contribution < -0.4 is 4.74 Å². The highest BCUT2D eigenvalue weighted by Gasteiger charge is 2.49. The van der Waals surface area contributed by atoms with Gasteiger partial charge in [0.1, 0.15) is 11.5 Å². The molecule has 2 unspecified atom stereocenters. The number of hydrogen-bond donors (Lipinski definition) is 2. The summed E-state index contributed by atoms with van der Waals surface area (Å²) >= 11 is 0. The van der Waals surface area contributed by atoms with Gasteiger partial charge in [-0.1, -0.05) is 38.0 Å². The summed E-state index contributed by atoms with van der Waals surface area (Å²) in [6, 6.07) is 7.13. The van der Waals surface area contributed by atoms with Crippen molar-refractivity contribution in [2.45, 2.75) is 52.1 Å². The van der Waals surface area contributed by atoms with Crippen LogP contribution in [0.4, 0.5) is 0 Å². The molecule has 1 aliphatic rings. The van der Waals surface area contributed by atoms with Crippen LogP contribution in [-0.4, -0.2) is 41.7 Å². The molecule has 1 aromatic rings. The molecular formula is C23H33NO4. The zero-order valence-corrected chi connectivity index (χ0v) is 17.7. The molecule has 0 radical (unpaired) electrons. The van der Waals surface area contributed by atoms with Crippen molar-refractivity contribution in [2.24, 2.45) is 5.41 Å². The Morgan fingerprint density at radius 1 is 1.29 bits per heavy atom. The fraction of sp³-hybridized carbons (Fsp3) is 0.522. The average Bonchev–Trinajstić information content (AvgIpc) is 2.61. The number of esters is 1. The van der Waals surface area contributed by atoms with Gasteiger partial charge in [0, 0.05) is 12.0 Å². The molecule has 0 aliphatic heterocycles. The minimum atomic E-state index is -0.993. The van der Waals surface area contributed by atoms with Crippen LogP contribution in [-0.2, 0) is 10.4 Å². The number of benzene rings is 1. The van der Waals surface area contributed by atoms with Gasteiger partial charge in [-0.25, -0.2) is 4.79 Å². The van der Waals surface area contributed by atoms with E-state index in [0.717, 1.165) is 31.4 Å². The molecule has 0 bridgehead atoms. The molecule has 5 heteroatoms. The smallest absolute Gasteiger partial charge is 0.346 e. The highest BCUT2D eigenvalue weighted by molar-refractivity contribution is 5.93. The van der Waals surface area contributed by atoms with Crippen LogP contribution in [0.25, 0.3) is 0 Å². The molecule has 0 saturated heterocycles. The maximum Gasteiger partial charge on any atom is 0.346 e. The second-order valence-corrected chi connectivity index (χ2v) is 8.28. The Bertz CT molecular complexity index is 764. The fourth-order valence-electron chi connectivity index (χ4n) is 4.29. The van der Waals surface area contributed by atoms with Crippen molar-refractivity contribution < 1.29 is 19.7 Å². The summed E-state index contributed by atoms with van der Waals surface area (Å²) < 4.78 is 5.49. The van der Waals surface area contributed by atoms with Crippen LogP contribution >= 0.6 is 0 Å². The maximum absolute atomic E-state index is 12.4. The number of ether oxygens (including phenoxy) is 1. The van der Waals surface area contributed by atoms with E-state index in [-0.39, 0.29) is 16.7 Å². The van der Waals surface area contributed by atoms with Gasteiger partial charge in [-0.05, 0) is 64.6 Å². The Balaban J connectivity index is 2.35. The van der Waals surface area contributed by atoms with E-state index in [0.29, 0.717) is 12.2 Å². The standard InChI is InChI=1S/C23H33NO4/c1-6-10-20(17(2)25)21(26)28-19-12-9-11-18(15-19)23(27)14-8-7-13-22(23,3)16-24(4)5/h6,9-12,15,25,27H,7-8,13-14,16H2,1-5H3/b10-6-,20-17-. The predicted molar refractivity (Wildman–Crippen MR) is 111 cm³/mol. The lowest BCUT2D eigenvalue weighted by Crippen LogP contribution is -2.51. The number of carbonyl (C=O) groups excluding carboxylic acids is 1. The number of hydrogen-bond acceptors (Lipinski definition) is 5. The van der Waals surface area contributed by atoms with Gasteiger partial charge in [0.15, 0.2) is 0 Å². The summed E-state index contributed by atoms with van der Waals surface area (Å²) in [4.78, 5) is 14.5. The van der Waals surface area contributed by atoms with Gasteiger partial charge in [0.25, 0.3) is 0 Å². The van der Waals surface area contributed by atoms with Gasteiger partial charge in [-0.2, -0.15) is 0 Å². The monoisotopic (exact) mass is 387 g/mol. The van der Waals surface area contributed by atoms with Crippen molar-refractivity contribution in [1.29, 1.82) is 0 Å². The van der Waals surface area contributed by atoms with E-state index in [1.807, 2.05) is 20.2 Å². The third-order valence-electron chi connectivity index (χ3n) is 5.65. The summed E-state index contributed by atoms with van der Waals surface area (Å²) in [7, 11) is 4.04. The zero-order valence-electron chi connectivity index (χ0n) is 17.7. The molecule has 0 spiro atoms. The summed E-state index contributed by atoms with van der Waals surface area (Å²) in [6.07, 6.45) is 6.85. The van der Waals surface area contributed by atoms with Crippen molar-refractivity contribution in [3.05, 3.63) is 53.3 Å². The second kappa shape index (κ2) is 8.93. The summed E-state index contributed by atoms with van der Waals surface area (Å²) in [5, 5.41) is 21.4. The van der Waals surface area contributed by atoms with Crippen LogP contribution in [0.3, 0.4) is 0 Å². The molecule has 2 atom stereocenters. The molecule has 0 amide bonds. The minimum Gasteiger partial charge on any atom is -0.512 e. The zero-order chi connectivity index (χ0) is 20.9. The van der Waals surface area contributed by atoms with Gasteiger partial charge >= 0.3 is 5.97 Å². The van der Waals surface area contributed by atoms with Gasteiger partial charge in [-0.3, -0.25) is 0 Å². The minimum absolute atomic E-state index is 0.0938. The third kappa shape index (κ3) is 4.65. The maximum atomic E-state index is 12.4. The lowest BCUT2D eigenvalue weighted by molar-refractivity contribution is -0.130. The van der Waals surface area contributed by atoms with Gasteiger partial charge < -0.3 is 19.8 Å². The van der Waals surface area contributed by atoms with Gasteiger partial charge in [0.2, 0.25) is 0 Å². The van der Waals surface area contributed by atoms with Crippen molar-refractivity contribution >= 4 is 5.97 Å². The molecule has 28 heavy (non-hydrogen) atoms. The van der Waals surface area contributed by atoms with E-state index in [9.17, 15) is 15.0 Å². The lowest BCUT2D eigenvalue weighted by atomic mass is 9.61. The molecule has 1 fully saturated rings. The first-order chi connectivity index (χ1) is 13.1. The van der Waals surface area contributed by atoms with Crippen molar-refractivity contribution in [3.8, 4) is 5.75 Å². The highest BCUT2D eigenvalue weighted by Crippen LogP contribution is 2.51. The Morgan fingerprint density at radius 2 is 1.96 bits per heavy atom. The van der Waals surface area contributed by atoms with Crippen LogP contribution in [0.2, 0.25) is 0 Å². The molecule has 2 rings (SSSR count). The number of rotatable bonds is 6. The molecule has 1 saturated carbocycles. The molecule has 1 aromatic carbocycles. The first-order valence-electron chi connectivity index (χ1n) is 9.85. The molecule has 5 nitrogen and oxygen atoms in total. The van der Waals surface area contributed by atoms with E-state index >= 15 is 0 Å². The lowest BCUT2D eigenvalue weighted by Gasteiger charge is -2.50. The number of aliphatic hydroxyl groups is 2. The Morgan fingerprint density at radius 3 is 2.57 bits per heavy atom. The number of nitrogens with zero attached hydrogens (tertiary/aromatic N) is 1. The Kier molecular flexibility index (Phi) is 7.07. The number of allylic oxidation sites excluding steroid dienone is 2. The summed E-state index contributed by atoms with van der Waals surface area (Å²) in [5.74, 6) is -0.359. The second-order valence-electron chi connectivity index (χ2n) is 8.28. The van der Waals surface area contributed by atoms with E-state index in [4.69, 9.17) is 4.74 Å². The Hall–Kier alpha value is -2.11. The SMILES string of the molecule is C/C=C\C(C(=O)Oc1cccc(C2(O)CCCCC2(C)CN(C)C)c1)=C(/C)O. The molecule has 0 heterocycles.